The Morgan fingerprint density at radius 2 is 1.86 bits per heavy atom. The average molecular weight is 421 g/mol. The maximum Gasteiger partial charge on any atom is 0.322 e. The summed E-state index contributed by atoms with van der Waals surface area (Å²) in [6.45, 7) is 0. The lowest BCUT2D eigenvalue weighted by Gasteiger charge is -2.34. The number of nitrogens with one attached hydrogen (secondary N) is 1. The van der Waals surface area contributed by atoms with Gasteiger partial charge in [-0.05, 0) is 37.1 Å². The van der Waals surface area contributed by atoms with Crippen molar-refractivity contribution in [2.45, 2.75) is 18.9 Å². The van der Waals surface area contributed by atoms with E-state index in [9.17, 15) is 9.18 Å². The first-order chi connectivity index (χ1) is 13.5. The van der Waals surface area contributed by atoms with E-state index in [1.807, 2.05) is 0 Å². The smallest absolute Gasteiger partial charge is 0.322 e. The molecule has 144 valence electrons. The van der Waals surface area contributed by atoms with Gasteiger partial charge < -0.3 is 14.8 Å². The normalized spacial score (nSPS) is 18.2. The standard InChI is InChI=1S/C18H14ClFN4O3S/c19-11-7-21-17(22-8-11)27-15-9-23-18(28-15)24-16(25)10-5-14(6-10)26-13-3-1-12(20)2-4-13/h1-4,7-10,14H,5-6H2,(H,23,24,25). The van der Waals surface area contributed by atoms with Crippen LogP contribution in [0.2, 0.25) is 5.02 Å². The zero-order valence-corrected chi connectivity index (χ0v) is 15.9. The minimum Gasteiger partial charge on any atom is -0.490 e. The summed E-state index contributed by atoms with van der Waals surface area (Å²) in [4.78, 5) is 24.3. The molecule has 1 aliphatic carbocycles. The lowest BCUT2D eigenvalue weighted by Crippen LogP contribution is -2.40. The summed E-state index contributed by atoms with van der Waals surface area (Å²) < 4.78 is 24.1. The Morgan fingerprint density at radius 3 is 2.57 bits per heavy atom. The van der Waals surface area contributed by atoms with Crippen LogP contribution in [0.25, 0.3) is 0 Å². The molecule has 0 unspecified atom stereocenters. The van der Waals surface area contributed by atoms with Crippen LogP contribution < -0.4 is 14.8 Å². The minimum atomic E-state index is -0.312. The largest absolute Gasteiger partial charge is 0.490 e. The fourth-order valence-electron chi connectivity index (χ4n) is 2.60. The number of hydrogen-bond acceptors (Lipinski definition) is 7. The van der Waals surface area contributed by atoms with Gasteiger partial charge >= 0.3 is 6.01 Å². The van der Waals surface area contributed by atoms with Crippen LogP contribution >= 0.6 is 22.9 Å². The molecule has 0 saturated heterocycles. The summed E-state index contributed by atoms with van der Waals surface area (Å²) in [7, 11) is 0. The highest BCUT2D eigenvalue weighted by atomic mass is 35.5. The Balaban J connectivity index is 1.25. The van der Waals surface area contributed by atoms with E-state index in [0.29, 0.717) is 33.8 Å². The highest BCUT2D eigenvalue weighted by molar-refractivity contribution is 7.17. The zero-order chi connectivity index (χ0) is 19.5. The topological polar surface area (TPSA) is 86.2 Å². The van der Waals surface area contributed by atoms with Crippen LogP contribution in [0.15, 0.2) is 42.9 Å². The SMILES string of the molecule is O=C(Nc1ncc(Oc2ncc(Cl)cn2)s1)C1CC(Oc2ccc(F)cc2)C1. The molecule has 1 aromatic carbocycles. The van der Waals surface area contributed by atoms with Crippen LogP contribution in [0.1, 0.15) is 12.8 Å². The second kappa shape index (κ2) is 8.07. The first kappa shape index (κ1) is 18.6. The number of ether oxygens (including phenoxy) is 2. The van der Waals surface area contributed by atoms with Crippen LogP contribution in [0.4, 0.5) is 9.52 Å². The maximum atomic E-state index is 12.9. The van der Waals surface area contributed by atoms with Crippen molar-refractivity contribution in [3.05, 3.63) is 53.7 Å². The second-order valence-corrected chi connectivity index (χ2v) is 7.55. The number of aromatic nitrogens is 3. The van der Waals surface area contributed by atoms with E-state index in [4.69, 9.17) is 21.1 Å². The highest BCUT2D eigenvalue weighted by Gasteiger charge is 2.36. The molecule has 1 saturated carbocycles. The van der Waals surface area contributed by atoms with Gasteiger partial charge in [0.1, 0.15) is 17.7 Å². The van der Waals surface area contributed by atoms with E-state index >= 15 is 0 Å². The number of amides is 1. The van der Waals surface area contributed by atoms with Crippen molar-refractivity contribution in [3.63, 3.8) is 0 Å². The molecule has 4 rings (SSSR count). The van der Waals surface area contributed by atoms with Crippen molar-refractivity contribution in [2.24, 2.45) is 5.92 Å². The van der Waals surface area contributed by atoms with Crippen molar-refractivity contribution in [2.75, 3.05) is 5.32 Å². The first-order valence-corrected chi connectivity index (χ1v) is 9.59. The maximum absolute atomic E-state index is 12.9. The van der Waals surface area contributed by atoms with Crippen molar-refractivity contribution >= 4 is 34.0 Å². The number of benzene rings is 1. The van der Waals surface area contributed by atoms with E-state index in [0.717, 1.165) is 0 Å². The van der Waals surface area contributed by atoms with E-state index < -0.39 is 0 Å². The predicted octanol–water partition coefficient (Wildman–Crippen LogP) is 4.31. The molecule has 0 radical (unpaired) electrons. The van der Waals surface area contributed by atoms with E-state index in [2.05, 4.69) is 20.3 Å². The molecule has 10 heteroatoms. The molecule has 1 amide bonds. The highest BCUT2D eigenvalue weighted by Crippen LogP contribution is 2.34. The third-order valence-corrected chi connectivity index (χ3v) is 5.07. The number of carbonyl (C=O) groups is 1. The molecule has 1 N–H and O–H groups in total. The van der Waals surface area contributed by atoms with E-state index in [1.54, 1.807) is 12.1 Å². The molecule has 0 spiro atoms. The number of anilines is 1. The summed E-state index contributed by atoms with van der Waals surface area (Å²) in [6, 6.07) is 5.98. The number of carbonyl (C=O) groups excluding carboxylic acids is 1. The Morgan fingerprint density at radius 1 is 1.14 bits per heavy atom. The minimum absolute atomic E-state index is 0.0570. The van der Waals surface area contributed by atoms with Crippen LogP contribution in [-0.4, -0.2) is 27.0 Å². The van der Waals surface area contributed by atoms with Crippen LogP contribution in [-0.2, 0) is 4.79 Å². The molecule has 28 heavy (non-hydrogen) atoms. The Hall–Kier alpha value is -2.78. The van der Waals surface area contributed by atoms with Gasteiger partial charge in [-0.2, -0.15) is 0 Å². The molecule has 0 bridgehead atoms. The molecule has 1 fully saturated rings. The van der Waals surface area contributed by atoms with Gasteiger partial charge in [-0.3, -0.25) is 4.79 Å². The van der Waals surface area contributed by atoms with E-state index in [1.165, 1.54) is 42.1 Å². The summed E-state index contributed by atoms with van der Waals surface area (Å²) in [5.74, 6) is 0.00457. The van der Waals surface area contributed by atoms with Crippen LogP contribution in [0.5, 0.6) is 16.8 Å². The number of rotatable bonds is 6. The molecule has 7 nitrogen and oxygen atoms in total. The lowest BCUT2D eigenvalue weighted by atomic mass is 9.81. The Kier molecular flexibility index (Phi) is 5.36. The average Bonchev–Trinajstić information content (AvgIpc) is 3.08. The number of thiazole rings is 1. The summed E-state index contributed by atoms with van der Waals surface area (Å²) >= 11 is 6.90. The van der Waals surface area contributed by atoms with Gasteiger partial charge in [0.15, 0.2) is 5.13 Å². The lowest BCUT2D eigenvalue weighted by molar-refractivity contribution is -0.125. The zero-order valence-electron chi connectivity index (χ0n) is 14.3. The van der Waals surface area contributed by atoms with Gasteiger partial charge in [0.05, 0.1) is 23.6 Å². The summed E-state index contributed by atoms with van der Waals surface area (Å²) in [5.41, 5.74) is 0. The summed E-state index contributed by atoms with van der Waals surface area (Å²) in [5, 5.41) is 4.06. The van der Waals surface area contributed by atoms with Crippen LogP contribution in [0, 0.1) is 11.7 Å². The van der Waals surface area contributed by atoms with Crippen molar-refractivity contribution < 1.29 is 18.7 Å². The van der Waals surface area contributed by atoms with Gasteiger partial charge in [-0.1, -0.05) is 22.9 Å². The number of nitrogens with zero attached hydrogens (tertiary/aromatic N) is 3. The molecule has 1 aliphatic rings. The fourth-order valence-corrected chi connectivity index (χ4v) is 3.36. The molecule has 2 heterocycles. The second-order valence-electron chi connectivity index (χ2n) is 6.12. The van der Waals surface area contributed by atoms with Gasteiger partial charge in [-0.25, -0.2) is 19.3 Å². The van der Waals surface area contributed by atoms with Gasteiger partial charge in [-0.15, -0.1) is 0 Å². The first-order valence-electron chi connectivity index (χ1n) is 8.39. The third kappa shape index (κ3) is 4.55. The van der Waals surface area contributed by atoms with Gasteiger partial charge in [0.25, 0.3) is 0 Å². The quantitative estimate of drug-likeness (QED) is 0.639. The molecule has 2 aromatic heterocycles. The number of hydrogen-bond donors (Lipinski definition) is 1. The van der Waals surface area contributed by atoms with E-state index in [-0.39, 0.29) is 29.8 Å². The number of halogens is 2. The molecular weight excluding hydrogens is 407 g/mol. The van der Waals surface area contributed by atoms with Crippen LogP contribution in [0.3, 0.4) is 0 Å². The molecule has 0 atom stereocenters. The molecule has 3 aromatic rings. The monoisotopic (exact) mass is 420 g/mol. The van der Waals surface area contributed by atoms with Crippen molar-refractivity contribution in [3.8, 4) is 16.8 Å². The van der Waals surface area contributed by atoms with Crippen molar-refractivity contribution in [1.82, 2.24) is 15.0 Å². The third-order valence-electron chi connectivity index (χ3n) is 4.09. The van der Waals surface area contributed by atoms with Gasteiger partial charge in [0, 0.05) is 5.92 Å². The Bertz CT molecular complexity index is 962. The van der Waals surface area contributed by atoms with Gasteiger partial charge in [0.2, 0.25) is 11.0 Å². The fraction of sp³-hybridized carbons (Fsp3) is 0.222. The predicted molar refractivity (Wildman–Crippen MR) is 101 cm³/mol. The summed E-state index contributed by atoms with van der Waals surface area (Å²) in [6.07, 6.45) is 5.47. The Labute approximate surface area is 168 Å². The molecule has 0 aliphatic heterocycles. The molecular formula is C18H14ClFN4O3S. The van der Waals surface area contributed by atoms with Crippen molar-refractivity contribution in [1.29, 1.82) is 0 Å².